The lowest BCUT2D eigenvalue weighted by Gasteiger charge is -2.27. The van der Waals surface area contributed by atoms with Crippen LogP contribution in [0.4, 0.5) is 0 Å². The molecule has 2 heterocycles. The van der Waals surface area contributed by atoms with Gasteiger partial charge in [0.05, 0.1) is 51.8 Å². The lowest BCUT2D eigenvalue weighted by atomic mass is 10.0. The summed E-state index contributed by atoms with van der Waals surface area (Å²) in [6, 6.07) is 17.3. The second-order valence-electron chi connectivity index (χ2n) is 12.0. The molecule has 1 fully saturated rings. The van der Waals surface area contributed by atoms with Crippen molar-refractivity contribution in [3.05, 3.63) is 82.9 Å². The normalized spacial score (nSPS) is 15.3. The standard InChI is InChI=1S/C38H43N3O11/c1-47-30-14-12-26(23-32(30)48-2)7-3-6-25-8-4-9-27(22-25)52-24-34(43)39-16-17-49-18-19-50-20-21-51-31-11-5-10-28-35(31)38(46)41(37(28)45)29-13-15-33(42)40-36(29)44/h4-5,8-12,14,22-23,29H,3,6-7,13,15-21,24H2,1-2H3,(H,39,43)(H,40,42,44). The highest BCUT2D eigenvalue weighted by atomic mass is 16.5. The predicted molar refractivity (Wildman–Crippen MR) is 187 cm³/mol. The van der Waals surface area contributed by atoms with E-state index < -0.39 is 29.7 Å². The molecule has 2 N–H and O–H groups in total. The Balaban J connectivity index is 0.913. The van der Waals surface area contributed by atoms with E-state index in [1.807, 2.05) is 42.5 Å². The lowest BCUT2D eigenvalue weighted by molar-refractivity contribution is -0.136. The van der Waals surface area contributed by atoms with Crippen molar-refractivity contribution in [2.75, 3.05) is 60.4 Å². The second-order valence-corrected chi connectivity index (χ2v) is 12.0. The fourth-order valence-electron chi connectivity index (χ4n) is 5.92. The average Bonchev–Trinajstić information content (AvgIpc) is 3.40. The molecule has 0 spiro atoms. The maximum absolute atomic E-state index is 13.1. The highest BCUT2D eigenvalue weighted by Gasteiger charge is 2.46. The molecule has 1 saturated heterocycles. The van der Waals surface area contributed by atoms with Gasteiger partial charge in [0.2, 0.25) is 11.8 Å². The zero-order valence-corrected chi connectivity index (χ0v) is 29.3. The van der Waals surface area contributed by atoms with E-state index in [1.165, 1.54) is 11.6 Å². The first-order chi connectivity index (χ1) is 25.3. The smallest absolute Gasteiger partial charge is 0.266 e. The highest BCUT2D eigenvalue weighted by molar-refractivity contribution is 6.24. The first-order valence-corrected chi connectivity index (χ1v) is 17.1. The minimum atomic E-state index is -1.05. The quantitative estimate of drug-likeness (QED) is 0.130. The SMILES string of the molecule is COc1ccc(CCCc2cccc(OCC(=O)NCCOCCOCCOc3cccc4c3C(=O)N(C3CCC(=O)NC3=O)C4=O)c2)cc1OC. The molecule has 5 amide bonds. The van der Waals surface area contributed by atoms with Crippen LogP contribution in [0, 0.1) is 0 Å². The number of rotatable bonds is 20. The summed E-state index contributed by atoms with van der Waals surface area (Å²) in [4.78, 5) is 63.1. The number of hydrogen-bond donors (Lipinski definition) is 2. The third-order valence-corrected chi connectivity index (χ3v) is 8.50. The van der Waals surface area contributed by atoms with E-state index in [0.717, 1.165) is 29.7 Å². The molecule has 0 radical (unpaired) electrons. The molecule has 3 aromatic rings. The first-order valence-electron chi connectivity index (χ1n) is 17.1. The number of ether oxygens (including phenoxy) is 6. The molecule has 5 rings (SSSR count). The van der Waals surface area contributed by atoms with Gasteiger partial charge in [-0.15, -0.1) is 0 Å². The second kappa shape index (κ2) is 18.7. The van der Waals surface area contributed by atoms with Crippen molar-refractivity contribution >= 4 is 29.5 Å². The van der Waals surface area contributed by atoms with E-state index in [4.69, 9.17) is 28.4 Å². The van der Waals surface area contributed by atoms with Crippen molar-refractivity contribution in [3.8, 4) is 23.0 Å². The summed E-state index contributed by atoms with van der Waals surface area (Å²) < 4.78 is 33.2. The molecule has 1 unspecified atom stereocenters. The molecule has 0 aliphatic carbocycles. The van der Waals surface area contributed by atoms with Crippen molar-refractivity contribution < 1.29 is 52.4 Å². The predicted octanol–water partition coefficient (Wildman–Crippen LogP) is 2.89. The molecule has 3 aromatic carbocycles. The fourth-order valence-corrected chi connectivity index (χ4v) is 5.92. The first kappa shape index (κ1) is 37.8. The maximum atomic E-state index is 13.1. The number of fused-ring (bicyclic) bond motifs is 1. The van der Waals surface area contributed by atoms with E-state index in [1.54, 1.807) is 26.4 Å². The molecule has 52 heavy (non-hydrogen) atoms. The third-order valence-electron chi connectivity index (χ3n) is 8.50. The van der Waals surface area contributed by atoms with Crippen LogP contribution in [0.2, 0.25) is 0 Å². The van der Waals surface area contributed by atoms with Crippen LogP contribution in [-0.4, -0.2) is 101 Å². The molecule has 14 heteroatoms. The number of carbonyl (C=O) groups is 5. The number of imide groups is 2. The van der Waals surface area contributed by atoms with Gasteiger partial charge >= 0.3 is 0 Å². The topological polar surface area (TPSA) is 168 Å². The number of amides is 5. The zero-order valence-electron chi connectivity index (χ0n) is 29.3. The van der Waals surface area contributed by atoms with Gasteiger partial charge in [-0.3, -0.25) is 34.2 Å². The Morgan fingerprint density at radius 1 is 0.788 bits per heavy atom. The Labute approximate surface area is 301 Å². The van der Waals surface area contributed by atoms with Crippen LogP contribution >= 0.6 is 0 Å². The molecule has 276 valence electrons. The van der Waals surface area contributed by atoms with Crippen LogP contribution in [0.1, 0.15) is 51.1 Å². The Morgan fingerprint density at radius 2 is 1.52 bits per heavy atom. The number of nitrogens with zero attached hydrogens (tertiary/aromatic N) is 1. The minimum Gasteiger partial charge on any atom is -0.493 e. The Morgan fingerprint density at radius 3 is 2.29 bits per heavy atom. The molecule has 2 aliphatic rings. The number of hydrogen-bond acceptors (Lipinski definition) is 11. The summed E-state index contributed by atoms with van der Waals surface area (Å²) >= 11 is 0. The number of carbonyl (C=O) groups excluding carboxylic acids is 5. The van der Waals surface area contributed by atoms with E-state index in [2.05, 4.69) is 10.6 Å². The van der Waals surface area contributed by atoms with Gasteiger partial charge < -0.3 is 33.7 Å². The summed E-state index contributed by atoms with van der Waals surface area (Å²) in [5, 5.41) is 4.94. The largest absolute Gasteiger partial charge is 0.493 e. The van der Waals surface area contributed by atoms with Crippen LogP contribution in [-0.2, 0) is 36.7 Å². The van der Waals surface area contributed by atoms with Gasteiger partial charge in [0.15, 0.2) is 18.1 Å². The molecular weight excluding hydrogens is 674 g/mol. The minimum absolute atomic E-state index is 0.0410. The third kappa shape index (κ3) is 9.86. The summed E-state index contributed by atoms with van der Waals surface area (Å²) in [6.07, 6.45) is 2.79. The molecule has 1 atom stereocenters. The van der Waals surface area contributed by atoms with Crippen molar-refractivity contribution in [2.45, 2.75) is 38.1 Å². The fraction of sp³-hybridized carbons (Fsp3) is 0.395. The Bertz CT molecular complexity index is 1760. The highest BCUT2D eigenvalue weighted by Crippen LogP contribution is 2.33. The van der Waals surface area contributed by atoms with Gasteiger partial charge in [0.1, 0.15) is 24.1 Å². The van der Waals surface area contributed by atoms with Gasteiger partial charge in [-0.25, -0.2) is 0 Å². The number of methoxy groups -OCH3 is 2. The van der Waals surface area contributed by atoms with Crippen LogP contribution < -0.4 is 29.6 Å². The Kier molecular flexibility index (Phi) is 13.6. The van der Waals surface area contributed by atoms with E-state index in [0.29, 0.717) is 30.4 Å². The zero-order chi connectivity index (χ0) is 36.9. The molecule has 0 saturated carbocycles. The molecule has 2 aliphatic heterocycles. The van der Waals surface area contributed by atoms with Crippen molar-refractivity contribution in [1.29, 1.82) is 0 Å². The molecule has 0 aromatic heterocycles. The maximum Gasteiger partial charge on any atom is 0.266 e. The summed E-state index contributed by atoms with van der Waals surface area (Å²) in [7, 11) is 3.24. The van der Waals surface area contributed by atoms with Gasteiger partial charge in [0, 0.05) is 13.0 Å². The average molecular weight is 718 g/mol. The number of piperidine rings is 1. The van der Waals surface area contributed by atoms with Crippen LogP contribution in [0.15, 0.2) is 60.7 Å². The van der Waals surface area contributed by atoms with Crippen LogP contribution in [0.25, 0.3) is 0 Å². The van der Waals surface area contributed by atoms with Gasteiger partial charge in [-0.2, -0.15) is 0 Å². The van der Waals surface area contributed by atoms with Crippen molar-refractivity contribution in [2.24, 2.45) is 0 Å². The molecule has 14 nitrogen and oxygen atoms in total. The van der Waals surface area contributed by atoms with Gasteiger partial charge in [0.25, 0.3) is 17.7 Å². The molecular formula is C38H43N3O11. The van der Waals surface area contributed by atoms with E-state index in [-0.39, 0.29) is 68.7 Å². The van der Waals surface area contributed by atoms with Crippen LogP contribution in [0.3, 0.4) is 0 Å². The summed E-state index contributed by atoms with van der Waals surface area (Å²) in [5.41, 5.74) is 2.51. The number of nitrogens with one attached hydrogen (secondary N) is 2. The molecule has 0 bridgehead atoms. The monoisotopic (exact) mass is 717 g/mol. The lowest BCUT2D eigenvalue weighted by Crippen LogP contribution is -2.54. The van der Waals surface area contributed by atoms with Crippen molar-refractivity contribution in [3.63, 3.8) is 0 Å². The number of aryl methyl sites for hydroxylation is 2. The van der Waals surface area contributed by atoms with Crippen LogP contribution in [0.5, 0.6) is 23.0 Å². The van der Waals surface area contributed by atoms with Gasteiger partial charge in [-0.1, -0.05) is 24.3 Å². The van der Waals surface area contributed by atoms with Gasteiger partial charge in [-0.05, 0) is 73.2 Å². The summed E-state index contributed by atoms with van der Waals surface area (Å²) in [5.74, 6) is -0.351. The van der Waals surface area contributed by atoms with E-state index in [9.17, 15) is 24.0 Å². The van der Waals surface area contributed by atoms with Crippen molar-refractivity contribution in [1.82, 2.24) is 15.5 Å². The summed E-state index contributed by atoms with van der Waals surface area (Å²) in [6.45, 7) is 1.35. The number of benzene rings is 3. The Hall–Kier alpha value is -5.47. The van der Waals surface area contributed by atoms with E-state index >= 15 is 0 Å².